The fraction of sp³-hybridized carbons (Fsp3) is 0.417. The van der Waals surface area contributed by atoms with Crippen LogP contribution in [0, 0.1) is 0 Å². The number of fused-ring (bicyclic) bond motifs is 4. The number of piperidine rings is 1. The minimum atomic E-state index is -0.707. The molecule has 0 aromatic heterocycles. The summed E-state index contributed by atoms with van der Waals surface area (Å²) in [4.78, 5) is 14.0. The summed E-state index contributed by atoms with van der Waals surface area (Å²) in [5.41, 5.74) is 1.85. The second kappa shape index (κ2) is 7.93. The quantitative estimate of drug-likeness (QED) is 0.784. The number of para-hydroxylation sites is 2. The highest BCUT2D eigenvalue weighted by atomic mass is 16.6. The summed E-state index contributed by atoms with van der Waals surface area (Å²) in [6.07, 6.45) is 1.51. The molecule has 0 bridgehead atoms. The van der Waals surface area contributed by atoms with Crippen LogP contribution in [0.1, 0.15) is 43.4 Å². The standard InChI is InChI=1S/C24H27N3O5/c1-3-31-23(29)26-13-11-24(12-14-26)27-19(17-8-6-10-21(30-2)22(17)32-24)15-18(25-27)16-7-4-5-9-20(16)28/h4-10,19,28H,3,11-15H2,1-2H3/t19-/m1/s1. The van der Waals surface area contributed by atoms with Gasteiger partial charge >= 0.3 is 6.09 Å². The molecule has 168 valence electrons. The number of phenolic OH excluding ortho intramolecular Hbond substituents is 1. The average Bonchev–Trinajstić information content (AvgIpc) is 3.26. The Morgan fingerprint density at radius 2 is 2.00 bits per heavy atom. The molecule has 2 aromatic rings. The topological polar surface area (TPSA) is 83.8 Å². The van der Waals surface area contributed by atoms with E-state index in [0.717, 1.165) is 22.6 Å². The van der Waals surface area contributed by atoms with E-state index in [9.17, 15) is 9.90 Å². The SMILES string of the molecule is CCOC(=O)N1CCC2(CC1)Oc1c(OC)cccc1[C@H]1CC(c3ccccc3O)=NN12. The second-order valence-corrected chi connectivity index (χ2v) is 8.24. The maximum absolute atomic E-state index is 12.2. The number of hydrogen-bond acceptors (Lipinski definition) is 7. The van der Waals surface area contributed by atoms with Crippen LogP contribution in [0.4, 0.5) is 4.79 Å². The highest BCUT2D eigenvalue weighted by molar-refractivity contribution is 6.04. The van der Waals surface area contributed by atoms with Gasteiger partial charge in [0.05, 0.1) is 25.5 Å². The fourth-order valence-electron chi connectivity index (χ4n) is 4.90. The average molecular weight is 437 g/mol. The molecule has 3 aliphatic rings. The molecule has 1 saturated heterocycles. The molecule has 3 heterocycles. The van der Waals surface area contributed by atoms with E-state index in [1.165, 1.54) is 0 Å². The van der Waals surface area contributed by atoms with Gasteiger partial charge in [0.25, 0.3) is 0 Å². The van der Waals surface area contributed by atoms with E-state index < -0.39 is 5.72 Å². The molecule has 32 heavy (non-hydrogen) atoms. The van der Waals surface area contributed by atoms with Crippen LogP contribution < -0.4 is 9.47 Å². The number of phenols is 1. The van der Waals surface area contributed by atoms with Gasteiger partial charge in [-0.1, -0.05) is 24.3 Å². The van der Waals surface area contributed by atoms with Crippen molar-refractivity contribution in [2.24, 2.45) is 5.10 Å². The van der Waals surface area contributed by atoms with E-state index in [2.05, 4.69) is 0 Å². The number of amides is 1. The molecule has 1 atom stereocenters. The van der Waals surface area contributed by atoms with E-state index >= 15 is 0 Å². The van der Waals surface area contributed by atoms with Crippen LogP contribution in [-0.2, 0) is 4.74 Å². The van der Waals surface area contributed by atoms with Gasteiger partial charge in [-0.2, -0.15) is 5.10 Å². The van der Waals surface area contributed by atoms with Crippen LogP contribution in [0.15, 0.2) is 47.6 Å². The van der Waals surface area contributed by atoms with Crippen molar-refractivity contribution in [3.63, 3.8) is 0 Å². The van der Waals surface area contributed by atoms with Gasteiger partial charge in [-0.15, -0.1) is 0 Å². The largest absolute Gasteiger partial charge is 0.507 e. The number of ether oxygens (including phenoxy) is 3. The summed E-state index contributed by atoms with van der Waals surface area (Å²) in [5.74, 6) is 1.63. The zero-order chi connectivity index (χ0) is 22.3. The van der Waals surface area contributed by atoms with E-state index in [1.54, 1.807) is 31.1 Å². The molecule has 3 aliphatic heterocycles. The summed E-state index contributed by atoms with van der Waals surface area (Å²) in [6, 6.07) is 13.1. The van der Waals surface area contributed by atoms with Crippen LogP contribution in [0.25, 0.3) is 0 Å². The molecule has 0 unspecified atom stereocenters. The molecule has 8 nitrogen and oxygen atoms in total. The van der Waals surface area contributed by atoms with Crippen molar-refractivity contribution in [1.29, 1.82) is 0 Å². The first-order valence-corrected chi connectivity index (χ1v) is 11.0. The number of likely N-dealkylation sites (tertiary alicyclic amines) is 1. The summed E-state index contributed by atoms with van der Waals surface area (Å²) in [6.45, 7) is 3.17. The first-order chi connectivity index (χ1) is 15.6. The van der Waals surface area contributed by atoms with Gasteiger partial charge in [0.2, 0.25) is 5.72 Å². The van der Waals surface area contributed by atoms with E-state index in [-0.39, 0.29) is 17.9 Å². The number of aromatic hydroxyl groups is 1. The van der Waals surface area contributed by atoms with E-state index in [1.807, 2.05) is 35.3 Å². The van der Waals surface area contributed by atoms with Crippen LogP contribution in [0.5, 0.6) is 17.2 Å². The Hall–Kier alpha value is -3.42. The molecule has 0 radical (unpaired) electrons. The number of hydrazone groups is 1. The maximum atomic E-state index is 12.2. The normalized spacial score (nSPS) is 20.8. The first kappa shape index (κ1) is 20.5. The fourth-order valence-corrected chi connectivity index (χ4v) is 4.90. The van der Waals surface area contributed by atoms with Gasteiger partial charge in [0, 0.05) is 43.5 Å². The Morgan fingerprint density at radius 1 is 1.22 bits per heavy atom. The number of methoxy groups -OCH3 is 1. The number of benzene rings is 2. The second-order valence-electron chi connectivity index (χ2n) is 8.24. The molecule has 1 N–H and O–H groups in total. The summed E-state index contributed by atoms with van der Waals surface area (Å²) >= 11 is 0. The third-order valence-corrected chi connectivity index (χ3v) is 6.49. The predicted octanol–water partition coefficient (Wildman–Crippen LogP) is 3.89. The lowest BCUT2D eigenvalue weighted by Crippen LogP contribution is -2.59. The third kappa shape index (κ3) is 3.21. The van der Waals surface area contributed by atoms with Gasteiger partial charge < -0.3 is 24.2 Å². The van der Waals surface area contributed by atoms with Crippen molar-refractivity contribution >= 4 is 11.8 Å². The predicted molar refractivity (Wildman–Crippen MR) is 118 cm³/mol. The van der Waals surface area contributed by atoms with Gasteiger partial charge in [-0.3, -0.25) is 0 Å². The monoisotopic (exact) mass is 437 g/mol. The Balaban J connectivity index is 1.53. The molecular formula is C24H27N3O5. The first-order valence-electron chi connectivity index (χ1n) is 11.0. The molecule has 5 rings (SSSR count). The molecule has 0 saturated carbocycles. The summed E-state index contributed by atoms with van der Waals surface area (Å²) in [7, 11) is 1.64. The van der Waals surface area contributed by atoms with Crippen molar-refractivity contribution in [3.8, 4) is 17.2 Å². The van der Waals surface area contributed by atoms with Gasteiger partial charge in [0.1, 0.15) is 5.75 Å². The lowest BCUT2D eigenvalue weighted by molar-refractivity contribution is -0.148. The number of hydrogen-bond donors (Lipinski definition) is 1. The highest BCUT2D eigenvalue weighted by Crippen LogP contribution is 2.53. The van der Waals surface area contributed by atoms with Crippen LogP contribution in [-0.4, -0.2) is 59.4 Å². The number of carbonyl (C=O) groups is 1. The molecule has 1 spiro atoms. The van der Waals surface area contributed by atoms with Crippen molar-refractivity contribution in [1.82, 2.24) is 9.91 Å². The summed E-state index contributed by atoms with van der Waals surface area (Å²) in [5, 5.41) is 17.4. The molecule has 2 aromatic carbocycles. The Bertz CT molecular complexity index is 1060. The van der Waals surface area contributed by atoms with Gasteiger partial charge in [-0.05, 0) is 25.1 Å². The third-order valence-electron chi connectivity index (χ3n) is 6.49. The van der Waals surface area contributed by atoms with Crippen LogP contribution in [0.2, 0.25) is 0 Å². The van der Waals surface area contributed by atoms with Crippen molar-refractivity contribution < 1.29 is 24.1 Å². The van der Waals surface area contributed by atoms with Crippen molar-refractivity contribution in [2.45, 2.75) is 38.0 Å². The Morgan fingerprint density at radius 3 is 2.72 bits per heavy atom. The Labute approximate surface area is 187 Å². The van der Waals surface area contributed by atoms with Crippen LogP contribution in [0.3, 0.4) is 0 Å². The van der Waals surface area contributed by atoms with Crippen LogP contribution >= 0.6 is 0 Å². The lowest BCUT2D eigenvalue weighted by atomic mass is 9.90. The minimum Gasteiger partial charge on any atom is -0.507 e. The highest BCUT2D eigenvalue weighted by Gasteiger charge is 2.53. The molecule has 8 heteroatoms. The minimum absolute atomic E-state index is 0.0439. The van der Waals surface area contributed by atoms with E-state index in [0.29, 0.717) is 44.7 Å². The molecule has 1 amide bonds. The van der Waals surface area contributed by atoms with Gasteiger partial charge in [-0.25, -0.2) is 9.80 Å². The molecule has 1 fully saturated rings. The number of rotatable bonds is 3. The van der Waals surface area contributed by atoms with Gasteiger partial charge in [0.15, 0.2) is 11.5 Å². The number of nitrogens with zero attached hydrogens (tertiary/aromatic N) is 3. The zero-order valence-electron chi connectivity index (χ0n) is 18.3. The smallest absolute Gasteiger partial charge is 0.409 e. The zero-order valence-corrected chi connectivity index (χ0v) is 18.3. The lowest BCUT2D eigenvalue weighted by Gasteiger charge is -2.51. The number of carbonyl (C=O) groups excluding carboxylic acids is 1. The molecule has 0 aliphatic carbocycles. The summed E-state index contributed by atoms with van der Waals surface area (Å²) < 4.78 is 17.4. The molecular weight excluding hydrogens is 410 g/mol. The van der Waals surface area contributed by atoms with E-state index in [4.69, 9.17) is 19.3 Å². The van der Waals surface area contributed by atoms with Crippen molar-refractivity contribution in [3.05, 3.63) is 53.6 Å². The van der Waals surface area contributed by atoms with Crippen molar-refractivity contribution in [2.75, 3.05) is 26.8 Å². The maximum Gasteiger partial charge on any atom is 0.409 e. The Kier molecular flexibility index (Phi) is 5.07.